The van der Waals surface area contributed by atoms with Crippen LogP contribution in [0, 0.1) is 0 Å². The number of carboxylic acid groups (broad SMARTS) is 1. The van der Waals surface area contributed by atoms with Gasteiger partial charge in [-0.15, -0.1) is 11.3 Å². The lowest BCUT2D eigenvalue weighted by Crippen LogP contribution is -2.27. The van der Waals surface area contributed by atoms with Gasteiger partial charge in [0, 0.05) is 7.05 Å². The Morgan fingerprint density at radius 2 is 2.05 bits per heavy atom. The number of carbonyl (C=O) groups excluding carboxylic acids is 1. The first-order valence-corrected chi connectivity index (χ1v) is 7.31. The zero-order chi connectivity index (χ0) is 15.6. The Bertz CT molecular complexity index is 694. The number of hydrogen-bond donors (Lipinski definition) is 2. The number of carbonyl (C=O) groups is 2. The Morgan fingerprint density at radius 1 is 1.33 bits per heavy atom. The molecule has 1 amide bonds. The van der Waals surface area contributed by atoms with E-state index in [1.54, 1.807) is 13.1 Å². The van der Waals surface area contributed by atoms with E-state index in [0.717, 1.165) is 12.0 Å². The Balaban J connectivity index is 2.34. The van der Waals surface area contributed by atoms with Crippen molar-refractivity contribution in [2.75, 3.05) is 17.7 Å². The predicted molar refractivity (Wildman–Crippen MR) is 84.2 cm³/mol. The smallest absolute Gasteiger partial charge is 0.335 e. The molecule has 21 heavy (non-hydrogen) atoms. The molecule has 1 heterocycles. The molecule has 0 fully saturated rings. The van der Waals surface area contributed by atoms with Crippen molar-refractivity contribution in [3.63, 3.8) is 0 Å². The van der Waals surface area contributed by atoms with Crippen LogP contribution in [0.25, 0.3) is 0 Å². The lowest BCUT2D eigenvalue weighted by atomic mass is 10.1. The van der Waals surface area contributed by atoms with E-state index in [4.69, 9.17) is 10.8 Å². The maximum Gasteiger partial charge on any atom is 0.335 e. The highest BCUT2D eigenvalue weighted by molar-refractivity contribution is 7.12. The number of anilines is 2. The molecule has 2 aromatic rings. The highest BCUT2D eigenvalue weighted by atomic mass is 32.1. The van der Waals surface area contributed by atoms with Crippen LogP contribution in [0.3, 0.4) is 0 Å². The van der Waals surface area contributed by atoms with Gasteiger partial charge in [0.15, 0.2) is 0 Å². The molecule has 1 aromatic carbocycles. The van der Waals surface area contributed by atoms with Gasteiger partial charge >= 0.3 is 5.97 Å². The van der Waals surface area contributed by atoms with Crippen molar-refractivity contribution in [2.45, 2.75) is 13.3 Å². The summed E-state index contributed by atoms with van der Waals surface area (Å²) in [6, 6.07) is 6.28. The number of aryl methyl sites for hydroxylation is 1. The van der Waals surface area contributed by atoms with Crippen molar-refractivity contribution in [3.8, 4) is 0 Å². The number of thiophene rings is 1. The van der Waals surface area contributed by atoms with Crippen molar-refractivity contribution < 1.29 is 14.7 Å². The third-order valence-electron chi connectivity index (χ3n) is 3.26. The van der Waals surface area contributed by atoms with E-state index < -0.39 is 5.97 Å². The minimum absolute atomic E-state index is 0.0995. The minimum atomic E-state index is -1.05. The van der Waals surface area contributed by atoms with E-state index in [2.05, 4.69) is 0 Å². The Morgan fingerprint density at radius 3 is 2.62 bits per heavy atom. The SMILES string of the molecule is CCc1ccsc1C(=O)N(C)c1ccc(C(=O)O)cc1N. The predicted octanol–water partition coefficient (Wildman–Crippen LogP) is 2.87. The summed E-state index contributed by atoms with van der Waals surface area (Å²) in [4.78, 5) is 25.6. The number of nitrogens with two attached hydrogens (primary N) is 1. The number of carboxylic acids is 1. The molecule has 1 aromatic heterocycles. The van der Waals surface area contributed by atoms with Gasteiger partial charge in [0.2, 0.25) is 0 Å². The van der Waals surface area contributed by atoms with E-state index in [1.165, 1.54) is 28.4 Å². The van der Waals surface area contributed by atoms with Crippen LogP contribution >= 0.6 is 11.3 Å². The zero-order valence-electron chi connectivity index (χ0n) is 11.8. The summed E-state index contributed by atoms with van der Waals surface area (Å²) in [5.41, 5.74) is 7.73. The molecule has 0 aliphatic heterocycles. The van der Waals surface area contributed by atoms with E-state index in [9.17, 15) is 9.59 Å². The molecule has 2 rings (SSSR count). The van der Waals surface area contributed by atoms with E-state index >= 15 is 0 Å². The second-order valence-corrected chi connectivity index (χ2v) is 5.49. The fourth-order valence-electron chi connectivity index (χ4n) is 2.06. The van der Waals surface area contributed by atoms with Gasteiger partial charge in [0.05, 0.1) is 21.8 Å². The Kier molecular flexibility index (Phi) is 4.28. The minimum Gasteiger partial charge on any atom is -0.478 e. The molecule has 0 spiro atoms. The zero-order valence-corrected chi connectivity index (χ0v) is 12.6. The largest absolute Gasteiger partial charge is 0.478 e. The first-order valence-electron chi connectivity index (χ1n) is 6.43. The highest BCUT2D eigenvalue weighted by Gasteiger charge is 2.20. The van der Waals surface area contributed by atoms with Crippen LogP contribution in [0.4, 0.5) is 11.4 Å². The van der Waals surface area contributed by atoms with Gasteiger partial charge in [-0.3, -0.25) is 4.79 Å². The quantitative estimate of drug-likeness (QED) is 0.851. The first kappa shape index (κ1) is 15.1. The maximum absolute atomic E-state index is 12.5. The van der Waals surface area contributed by atoms with Crippen LogP contribution in [0.15, 0.2) is 29.6 Å². The number of nitrogen functional groups attached to an aromatic ring is 1. The third-order valence-corrected chi connectivity index (χ3v) is 4.21. The Hall–Kier alpha value is -2.34. The van der Waals surface area contributed by atoms with Crippen molar-refractivity contribution in [2.24, 2.45) is 0 Å². The molecule has 5 nitrogen and oxygen atoms in total. The van der Waals surface area contributed by atoms with Gasteiger partial charge < -0.3 is 15.7 Å². The van der Waals surface area contributed by atoms with E-state index in [0.29, 0.717) is 10.6 Å². The highest BCUT2D eigenvalue weighted by Crippen LogP contribution is 2.27. The van der Waals surface area contributed by atoms with Gasteiger partial charge in [-0.1, -0.05) is 6.92 Å². The molecule has 0 atom stereocenters. The van der Waals surface area contributed by atoms with Crippen molar-refractivity contribution in [3.05, 3.63) is 45.6 Å². The molecular weight excluding hydrogens is 288 g/mol. The van der Waals surface area contributed by atoms with Gasteiger partial charge in [-0.2, -0.15) is 0 Å². The van der Waals surface area contributed by atoms with Crippen LogP contribution in [-0.2, 0) is 6.42 Å². The summed E-state index contributed by atoms with van der Waals surface area (Å²) < 4.78 is 0. The summed E-state index contributed by atoms with van der Waals surface area (Å²) in [6.07, 6.45) is 0.784. The van der Waals surface area contributed by atoms with E-state index in [1.807, 2.05) is 18.4 Å². The maximum atomic E-state index is 12.5. The number of hydrogen-bond acceptors (Lipinski definition) is 4. The summed E-state index contributed by atoms with van der Waals surface area (Å²) in [6.45, 7) is 1.99. The van der Waals surface area contributed by atoms with E-state index in [-0.39, 0.29) is 17.2 Å². The molecule has 6 heteroatoms. The summed E-state index contributed by atoms with van der Waals surface area (Å²) in [7, 11) is 1.63. The second-order valence-electron chi connectivity index (χ2n) is 4.57. The molecular formula is C15H16N2O3S. The third kappa shape index (κ3) is 2.90. The van der Waals surface area contributed by atoms with Crippen molar-refractivity contribution in [1.82, 2.24) is 0 Å². The molecule has 110 valence electrons. The molecule has 0 unspecified atom stereocenters. The molecule has 0 bridgehead atoms. The number of benzene rings is 1. The van der Waals surface area contributed by atoms with Crippen LogP contribution < -0.4 is 10.6 Å². The number of rotatable bonds is 4. The normalized spacial score (nSPS) is 10.4. The van der Waals surface area contributed by atoms with Crippen LogP contribution in [0.2, 0.25) is 0 Å². The average molecular weight is 304 g/mol. The molecule has 0 saturated heterocycles. The lowest BCUT2D eigenvalue weighted by Gasteiger charge is -2.19. The molecule has 0 aliphatic rings. The topological polar surface area (TPSA) is 83.6 Å². The van der Waals surface area contributed by atoms with Gasteiger partial charge in [0.25, 0.3) is 5.91 Å². The van der Waals surface area contributed by atoms with Gasteiger partial charge in [-0.25, -0.2) is 4.79 Å². The summed E-state index contributed by atoms with van der Waals surface area (Å²) in [5.74, 6) is -1.19. The van der Waals surface area contributed by atoms with Crippen LogP contribution in [0.5, 0.6) is 0 Å². The fraction of sp³-hybridized carbons (Fsp3) is 0.200. The second kappa shape index (κ2) is 5.97. The lowest BCUT2D eigenvalue weighted by molar-refractivity contribution is 0.0697. The molecule has 0 radical (unpaired) electrons. The number of nitrogens with zero attached hydrogens (tertiary/aromatic N) is 1. The van der Waals surface area contributed by atoms with Crippen LogP contribution in [-0.4, -0.2) is 24.0 Å². The van der Waals surface area contributed by atoms with Crippen LogP contribution in [0.1, 0.15) is 32.5 Å². The summed E-state index contributed by atoms with van der Waals surface area (Å²) >= 11 is 1.39. The molecule has 3 N–H and O–H groups in total. The number of aromatic carboxylic acids is 1. The Labute approximate surface area is 126 Å². The average Bonchev–Trinajstić information content (AvgIpc) is 2.93. The number of amides is 1. The summed E-state index contributed by atoms with van der Waals surface area (Å²) in [5, 5.41) is 10.8. The molecule has 0 aliphatic carbocycles. The standard InChI is InChI=1S/C15H16N2O3S/c1-3-9-6-7-21-13(9)14(18)17(2)12-5-4-10(15(19)20)8-11(12)16/h4-8H,3,16H2,1-2H3,(H,19,20). The first-order chi connectivity index (χ1) is 9.95. The van der Waals surface area contributed by atoms with Gasteiger partial charge in [0.1, 0.15) is 0 Å². The van der Waals surface area contributed by atoms with Crippen molar-refractivity contribution in [1.29, 1.82) is 0 Å². The fourth-order valence-corrected chi connectivity index (χ4v) is 3.03. The van der Waals surface area contributed by atoms with Crippen molar-refractivity contribution >= 4 is 34.6 Å². The molecule has 0 saturated carbocycles. The monoisotopic (exact) mass is 304 g/mol. The van der Waals surface area contributed by atoms with Gasteiger partial charge in [-0.05, 0) is 41.6 Å².